The molecular formula is C20H22N2O3S. The van der Waals surface area contributed by atoms with Crippen LogP contribution in [-0.2, 0) is 14.6 Å². The van der Waals surface area contributed by atoms with E-state index >= 15 is 0 Å². The van der Waals surface area contributed by atoms with Crippen LogP contribution in [0.4, 0.5) is 5.69 Å². The third kappa shape index (κ3) is 3.04. The molecule has 26 heavy (non-hydrogen) atoms. The lowest BCUT2D eigenvalue weighted by molar-refractivity contribution is -0.124. The van der Waals surface area contributed by atoms with Gasteiger partial charge in [-0.1, -0.05) is 48.5 Å². The van der Waals surface area contributed by atoms with Gasteiger partial charge >= 0.3 is 0 Å². The molecule has 2 aromatic rings. The number of anilines is 1. The first-order chi connectivity index (χ1) is 12.5. The van der Waals surface area contributed by atoms with Crippen molar-refractivity contribution < 1.29 is 13.2 Å². The predicted molar refractivity (Wildman–Crippen MR) is 102 cm³/mol. The molecule has 0 aromatic heterocycles. The van der Waals surface area contributed by atoms with E-state index < -0.39 is 9.84 Å². The van der Waals surface area contributed by atoms with Crippen LogP contribution >= 0.6 is 0 Å². The van der Waals surface area contributed by atoms with Gasteiger partial charge in [0.2, 0.25) is 5.91 Å². The number of sulfone groups is 1. The second-order valence-electron chi connectivity index (χ2n) is 7.07. The number of rotatable bonds is 3. The average Bonchev–Trinajstić information content (AvgIpc) is 2.96. The van der Waals surface area contributed by atoms with Crippen molar-refractivity contribution in [1.82, 2.24) is 4.90 Å². The zero-order valence-electron chi connectivity index (χ0n) is 14.7. The Balaban J connectivity index is 1.71. The van der Waals surface area contributed by atoms with Gasteiger partial charge in [0.1, 0.15) is 0 Å². The van der Waals surface area contributed by atoms with Crippen molar-refractivity contribution >= 4 is 21.4 Å². The van der Waals surface area contributed by atoms with Gasteiger partial charge < -0.3 is 4.90 Å². The molecule has 0 N–H and O–H groups in total. The summed E-state index contributed by atoms with van der Waals surface area (Å²) in [7, 11) is -3.18. The highest BCUT2D eigenvalue weighted by atomic mass is 32.2. The minimum atomic E-state index is -3.18. The topological polar surface area (TPSA) is 57.7 Å². The SMILES string of the molecule is C[C@H](c1ccccc1)N1CC(=O)N(c2ccccc2)[C@@H]2CS(=O)(=O)C[C@@H]21. The maximum atomic E-state index is 13.0. The van der Waals surface area contributed by atoms with E-state index in [9.17, 15) is 13.2 Å². The summed E-state index contributed by atoms with van der Waals surface area (Å²) < 4.78 is 24.8. The van der Waals surface area contributed by atoms with E-state index in [1.807, 2.05) is 67.6 Å². The first-order valence-corrected chi connectivity index (χ1v) is 10.7. The van der Waals surface area contributed by atoms with Crippen molar-refractivity contribution in [2.24, 2.45) is 0 Å². The van der Waals surface area contributed by atoms with Gasteiger partial charge in [-0.25, -0.2) is 8.42 Å². The van der Waals surface area contributed by atoms with Gasteiger partial charge in [-0.15, -0.1) is 0 Å². The van der Waals surface area contributed by atoms with Crippen LogP contribution in [0.5, 0.6) is 0 Å². The van der Waals surface area contributed by atoms with Crippen LogP contribution in [0.1, 0.15) is 18.5 Å². The standard InChI is InChI=1S/C20H22N2O3S/c1-15(16-8-4-2-5-9-16)21-12-20(23)22(17-10-6-3-7-11-17)19-14-26(24,25)13-18(19)21/h2-11,15,18-19H,12-14H2,1H3/t15-,18+,19-/m1/s1. The van der Waals surface area contributed by atoms with Crippen LogP contribution in [0.25, 0.3) is 0 Å². The number of carbonyl (C=O) groups excluding carboxylic acids is 1. The highest BCUT2D eigenvalue weighted by Crippen LogP contribution is 2.35. The molecule has 0 spiro atoms. The quantitative estimate of drug-likeness (QED) is 0.832. The van der Waals surface area contributed by atoms with Gasteiger partial charge in [0.25, 0.3) is 0 Å². The fourth-order valence-electron chi connectivity index (χ4n) is 4.18. The van der Waals surface area contributed by atoms with E-state index in [-0.39, 0.29) is 42.1 Å². The second kappa shape index (κ2) is 6.52. The first-order valence-electron chi connectivity index (χ1n) is 8.84. The summed E-state index contributed by atoms with van der Waals surface area (Å²) in [6.07, 6.45) is 0. The fourth-order valence-corrected chi connectivity index (χ4v) is 6.14. The minimum absolute atomic E-state index is 0.0149. The Morgan fingerprint density at radius 1 is 0.923 bits per heavy atom. The molecule has 4 rings (SSSR count). The van der Waals surface area contributed by atoms with Crippen molar-refractivity contribution in [3.63, 3.8) is 0 Å². The summed E-state index contributed by atoms with van der Waals surface area (Å²) in [4.78, 5) is 16.7. The van der Waals surface area contributed by atoms with Crippen molar-refractivity contribution in [3.05, 3.63) is 66.2 Å². The molecule has 0 aliphatic carbocycles. The number of hydrogen-bond donors (Lipinski definition) is 0. The van der Waals surface area contributed by atoms with Crippen LogP contribution in [0.3, 0.4) is 0 Å². The van der Waals surface area contributed by atoms with Crippen LogP contribution in [-0.4, -0.2) is 49.4 Å². The van der Waals surface area contributed by atoms with Gasteiger partial charge in [0.15, 0.2) is 9.84 Å². The van der Waals surface area contributed by atoms with Crippen molar-refractivity contribution in [1.29, 1.82) is 0 Å². The summed E-state index contributed by atoms with van der Waals surface area (Å²) >= 11 is 0. The fraction of sp³-hybridized carbons (Fsp3) is 0.350. The van der Waals surface area contributed by atoms with Gasteiger partial charge in [-0.05, 0) is 24.6 Å². The van der Waals surface area contributed by atoms with Crippen LogP contribution < -0.4 is 4.90 Å². The maximum Gasteiger partial charge on any atom is 0.241 e. The van der Waals surface area contributed by atoms with Crippen molar-refractivity contribution in [2.75, 3.05) is 23.0 Å². The lowest BCUT2D eigenvalue weighted by atomic mass is 9.98. The molecule has 2 fully saturated rings. The Labute approximate surface area is 154 Å². The van der Waals surface area contributed by atoms with Gasteiger partial charge in [-0.3, -0.25) is 9.69 Å². The van der Waals surface area contributed by atoms with Crippen LogP contribution in [0, 0.1) is 0 Å². The number of fused-ring (bicyclic) bond motifs is 1. The average molecular weight is 370 g/mol. The highest BCUT2D eigenvalue weighted by Gasteiger charge is 2.50. The Kier molecular flexibility index (Phi) is 4.32. The molecular weight excluding hydrogens is 348 g/mol. The third-order valence-electron chi connectivity index (χ3n) is 5.45. The molecule has 6 heteroatoms. The highest BCUT2D eigenvalue weighted by molar-refractivity contribution is 7.91. The molecule has 0 unspecified atom stereocenters. The molecule has 0 bridgehead atoms. The molecule has 2 heterocycles. The van der Waals surface area contributed by atoms with Gasteiger partial charge in [-0.2, -0.15) is 0 Å². The maximum absolute atomic E-state index is 13.0. The first kappa shape index (κ1) is 17.2. The number of piperazine rings is 1. The van der Waals surface area contributed by atoms with E-state index in [0.717, 1.165) is 11.3 Å². The molecule has 2 aromatic carbocycles. The van der Waals surface area contributed by atoms with E-state index in [2.05, 4.69) is 4.90 Å². The third-order valence-corrected chi connectivity index (χ3v) is 7.15. The monoisotopic (exact) mass is 370 g/mol. The minimum Gasteiger partial charge on any atom is -0.306 e. The van der Waals surface area contributed by atoms with Crippen LogP contribution in [0.2, 0.25) is 0 Å². The zero-order valence-corrected chi connectivity index (χ0v) is 15.5. The lowest BCUT2D eigenvalue weighted by Gasteiger charge is -2.46. The Bertz CT molecular complexity index is 899. The van der Waals surface area contributed by atoms with Crippen molar-refractivity contribution in [2.45, 2.75) is 25.0 Å². The molecule has 2 saturated heterocycles. The Morgan fingerprint density at radius 3 is 2.15 bits per heavy atom. The van der Waals surface area contributed by atoms with E-state index in [0.29, 0.717) is 0 Å². The van der Waals surface area contributed by atoms with E-state index in [1.54, 1.807) is 4.90 Å². The van der Waals surface area contributed by atoms with E-state index in [4.69, 9.17) is 0 Å². The Hall–Kier alpha value is -2.18. The van der Waals surface area contributed by atoms with Crippen molar-refractivity contribution in [3.8, 4) is 0 Å². The van der Waals surface area contributed by atoms with Crippen LogP contribution in [0.15, 0.2) is 60.7 Å². The van der Waals surface area contributed by atoms with E-state index in [1.165, 1.54) is 0 Å². The smallest absolute Gasteiger partial charge is 0.241 e. The molecule has 136 valence electrons. The molecule has 0 radical (unpaired) electrons. The number of benzene rings is 2. The summed E-state index contributed by atoms with van der Waals surface area (Å²) in [5, 5.41) is 0. The zero-order chi connectivity index (χ0) is 18.3. The number of hydrogen-bond acceptors (Lipinski definition) is 4. The molecule has 2 aliphatic heterocycles. The van der Waals surface area contributed by atoms with Gasteiger partial charge in [0.05, 0.1) is 24.1 Å². The normalized spacial score (nSPS) is 26.5. The number of para-hydroxylation sites is 1. The summed E-state index contributed by atoms with van der Waals surface area (Å²) in [5.41, 5.74) is 1.87. The largest absolute Gasteiger partial charge is 0.306 e. The summed E-state index contributed by atoms with van der Waals surface area (Å²) in [6.45, 7) is 2.27. The summed E-state index contributed by atoms with van der Waals surface area (Å²) in [5.74, 6) is 0.0826. The summed E-state index contributed by atoms with van der Waals surface area (Å²) in [6, 6.07) is 18.8. The molecule has 2 aliphatic rings. The molecule has 5 nitrogen and oxygen atoms in total. The molecule has 1 amide bonds. The van der Waals surface area contributed by atoms with Gasteiger partial charge in [0, 0.05) is 17.8 Å². The Morgan fingerprint density at radius 2 is 1.50 bits per heavy atom. The number of amides is 1. The number of carbonyl (C=O) groups is 1. The number of nitrogens with zero attached hydrogens (tertiary/aromatic N) is 2. The molecule has 3 atom stereocenters. The lowest BCUT2D eigenvalue weighted by Crippen LogP contribution is -2.62. The predicted octanol–water partition coefficient (Wildman–Crippen LogP) is 2.26. The second-order valence-corrected chi connectivity index (χ2v) is 9.22. The molecule has 0 saturated carbocycles.